The molecule has 1 aliphatic rings. The molecule has 6 heteroatoms. The largest absolute Gasteiger partial charge is 0.390 e. The number of anilines is 1. The number of likely N-dealkylation sites (N-methyl/N-ethyl adjacent to an activating group) is 1. The molecule has 1 aliphatic heterocycles. The minimum Gasteiger partial charge on any atom is -0.390 e. The van der Waals surface area contributed by atoms with Crippen LogP contribution in [0.1, 0.15) is 45.6 Å². The topological polar surface area (TPSA) is 57.5 Å². The van der Waals surface area contributed by atoms with Gasteiger partial charge in [-0.2, -0.15) is 0 Å². The number of nitrogens with zero attached hydrogens (tertiary/aromatic N) is 4. The minimum atomic E-state index is 0.734. The lowest BCUT2D eigenvalue weighted by Gasteiger charge is -2.18. The molecule has 1 aromatic carbocycles. The van der Waals surface area contributed by atoms with Gasteiger partial charge in [0.05, 0.1) is 11.9 Å². The van der Waals surface area contributed by atoms with Gasteiger partial charge in [-0.1, -0.05) is 57.2 Å². The zero-order valence-corrected chi connectivity index (χ0v) is 20.4. The summed E-state index contributed by atoms with van der Waals surface area (Å²) in [6.07, 6.45) is 7.40. The number of fused-ring (bicyclic) bond motifs is 1. The van der Waals surface area contributed by atoms with E-state index in [0.717, 1.165) is 48.3 Å². The predicted molar refractivity (Wildman–Crippen MR) is 137 cm³/mol. The molecule has 6 nitrogen and oxygen atoms in total. The van der Waals surface area contributed by atoms with Crippen LogP contribution < -0.4 is 10.6 Å². The van der Waals surface area contributed by atoms with Crippen LogP contribution in [0.15, 0.2) is 55.4 Å². The molecule has 0 saturated carbocycles. The molecule has 2 N–H and O–H groups in total. The Morgan fingerprint density at radius 2 is 1.91 bits per heavy atom. The summed E-state index contributed by atoms with van der Waals surface area (Å²) in [4.78, 5) is 6.81. The molecule has 3 heterocycles. The Balaban J connectivity index is 0.000000255. The Bertz CT molecular complexity index is 931. The van der Waals surface area contributed by atoms with E-state index in [1.54, 1.807) is 6.20 Å². The fourth-order valence-electron chi connectivity index (χ4n) is 3.60. The SMILES string of the molecule is C=CNCC1CCCN1C.CC.CCCNc1ccc2ncc(-c3ccc(C)cc3)n2n1. The Morgan fingerprint density at radius 3 is 2.53 bits per heavy atom. The third-order valence-electron chi connectivity index (χ3n) is 5.44. The highest BCUT2D eigenvalue weighted by atomic mass is 15.3. The summed E-state index contributed by atoms with van der Waals surface area (Å²) in [6.45, 7) is 15.1. The highest BCUT2D eigenvalue weighted by Crippen LogP contribution is 2.21. The fraction of sp³-hybridized carbons (Fsp3) is 0.462. The van der Waals surface area contributed by atoms with E-state index in [-0.39, 0.29) is 0 Å². The molecule has 1 fully saturated rings. The number of hydrogen-bond donors (Lipinski definition) is 2. The summed E-state index contributed by atoms with van der Waals surface area (Å²) >= 11 is 0. The number of nitrogens with one attached hydrogen (secondary N) is 2. The van der Waals surface area contributed by atoms with Gasteiger partial charge in [0.2, 0.25) is 0 Å². The lowest BCUT2D eigenvalue weighted by atomic mass is 10.1. The Hall–Kier alpha value is -2.86. The molecule has 1 unspecified atom stereocenters. The second-order valence-electron chi connectivity index (χ2n) is 7.81. The van der Waals surface area contributed by atoms with Crippen molar-refractivity contribution in [1.29, 1.82) is 0 Å². The summed E-state index contributed by atoms with van der Waals surface area (Å²) in [7, 11) is 2.18. The van der Waals surface area contributed by atoms with E-state index in [4.69, 9.17) is 0 Å². The second kappa shape index (κ2) is 13.5. The van der Waals surface area contributed by atoms with Gasteiger partial charge in [-0.15, -0.1) is 5.10 Å². The van der Waals surface area contributed by atoms with Gasteiger partial charge in [0.15, 0.2) is 5.65 Å². The van der Waals surface area contributed by atoms with Crippen LogP contribution in [0, 0.1) is 6.92 Å². The lowest BCUT2D eigenvalue weighted by molar-refractivity contribution is 0.308. The molecule has 0 aliphatic carbocycles. The average Bonchev–Trinajstić information content (AvgIpc) is 3.44. The van der Waals surface area contributed by atoms with Gasteiger partial charge in [0, 0.05) is 24.7 Å². The van der Waals surface area contributed by atoms with E-state index < -0.39 is 0 Å². The Kier molecular flexibility index (Phi) is 10.7. The van der Waals surface area contributed by atoms with Crippen molar-refractivity contribution in [2.45, 2.75) is 53.0 Å². The van der Waals surface area contributed by atoms with Gasteiger partial charge >= 0.3 is 0 Å². The molecule has 1 saturated heterocycles. The lowest BCUT2D eigenvalue weighted by Crippen LogP contribution is -2.33. The van der Waals surface area contributed by atoms with Crippen LogP contribution in [0.5, 0.6) is 0 Å². The normalized spacial score (nSPS) is 15.3. The third-order valence-corrected chi connectivity index (χ3v) is 5.44. The predicted octanol–water partition coefficient (Wildman–Crippen LogP) is 5.37. The number of aromatic nitrogens is 3. The van der Waals surface area contributed by atoms with E-state index in [1.165, 1.54) is 24.9 Å². The number of aryl methyl sites for hydroxylation is 1. The van der Waals surface area contributed by atoms with Gasteiger partial charge in [-0.3, -0.25) is 0 Å². The molecular weight excluding hydrogens is 396 g/mol. The van der Waals surface area contributed by atoms with Crippen molar-refractivity contribution < 1.29 is 0 Å². The molecule has 4 rings (SSSR count). The van der Waals surface area contributed by atoms with E-state index in [2.05, 4.69) is 77.4 Å². The van der Waals surface area contributed by atoms with Crippen molar-refractivity contribution in [2.75, 3.05) is 32.0 Å². The zero-order valence-electron chi connectivity index (χ0n) is 20.4. The number of likely N-dealkylation sites (tertiary alicyclic amines) is 1. The van der Waals surface area contributed by atoms with Crippen molar-refractivity contribution in [3.8, 4) is 11.3 Å². The van der Waals surface area contributed by atoms with Gasteiger partial charge in [0.25, 0.3) is 0 Å². The Labute approximate surface area is 193 Å². The molecule has 32 heavy (non-hydrogen) atoms. The first-order chi connectivity index (χ1) is 15.6. The summed E-state index contributed by atoms with van der Waals surface area (Å²) in [5.74, 6) is 0.880. The second-order valence-corrected chi connectivity index (χ2v) is 7.81. The summed E-state index contributed by atoms with van der Waals surface area (Å²) in [6, 6.07) is 13.1. The summed E-state index contributed by atoms with van der Waals surface area (Å²) < 4.78 is 1.89. The number of benzene rings is 1. The van der Waals surface area contributed by atoms with Crippen LogP contribution >= 0.6 is 0 Å². The van der Waals surface area contributed by atoms with E-state index in [1.807, 2.05) is 36.7 Å². The first-order valence-electron chi connectivity index (χ1n) is 11.8. The van der Waals surface area contributed by atoms with Crippen LogP contribution in [-0.4, -0.2) is 52.2 Å². The molecule has 1 atom stereocenters. The maximum absolute atomic E-state index is 4.61. The fourth-order valence-corrected chi connectivity index (χ4v) is 3.60. The highest BCUT2D eigenvalue weighted by molar-refractivity contribution is 5.63. The first kappa shape index (κ1) is 25.4. The molecule has 0 radical (unpaired) electrons. The summed E-state index contributed by atoms with van der Waals surface area (Å²) in [5.41, 5.74) is 4.26. The van der Waals surface area contributed by atoms with Crippen molar-refractivity contribution in [1.82, 2.24) is 24.8 Å². The van der Waals surface area contributed by atoms with Crippen LogP contribution in [0.25, 0.3) is 16.9 Å². The quantitative estimate of drug-likeness (QED) is 0.522. The first-order valence-corrected chi connectivity index (χ1v) is 11.8. The molecule has 0 amide bonds. The van der Waals surface area contributed by atoms with Crippen LogP contribution in [0.4, 0.5) is 5.82 Å². The van der Waals surface area contributed by atoms with Crippen LogP contribution in [0.2, 0.25) is 0 Å². The van der Waals surface area contributed by atoms with Crippen LogP contribution in [-0.2, 0) is 0 Å². The highest BCUT2D eigenvalue weighted by Gasteiger charge is 2.19. The number of hydrogen-bond acceptors (Lipinski definition) is 5. The van der Waals surface area contributed by atoms with E-state index in [9.17, 15) is 0 Å². The number of rotatable bonds is 7. The zero-order chi connectivity index (χ0) is 23.3. The van der Waals surface area contributed by atoms with Gasteiger partial charge in [-0.05, 0) is 58.1 Å². The van der Waals surface area contributed by atoms with E-state index in [0.29, 0.717) is 0 Å². The third kappa shape index (κ3) is 7.09. The van der Waals surface area contributed by atoms with Crippen LogP contribution in [0.3, 0.4) is 0 Å². The smallest absolute Gasteiger partial charge is 0.154 e. The molecular formula is C26H40N6. The minimum absolute atomic E-state index is 0.734. The van der Waals surface area contributed by atoms with Crippen molar-refractivity contribution in [3.05, 3.63) is 60.9 Å². The maximum Gasteiger partial charge on any atom is 0.154 e. The average molecular weight is 437 g/mol. The Morgan fingerprint density at radius 1 is 1.16 bits per heavy atom. The van der Waals surface area contributed by atoms with Gasteiger partial charge < -0.3 is 15.5 Å². The summed E-state index contributed by atoms with van der Waals surface area (Å²) in [5, 5.41) is 11.1. The standard InChI is InChI=1S/C16H18N4.C8H16N2.C2H6/c1-3-10-17-15-8-9-16-18-11-14(20(16)19-15)13-6-4-12(2)5-7-13;1-3-9-7-8-5-4-6-10(8)2;1-2/h4-9,11H,3,10H2,1-2H3,(H,17,19);3,8-9H,1,4-7H2,2H3;1-2H3. The molecule has 3 aromatic rings. The molecule has 174 valence electrons. The van der Waals surface area contributed by atoms with Gasteiger partial charge in [-0.25, -0.2) is 9.50 Å². The van der Waals surface area contributed by atoms with E-state index >= 15 is 0 Å². The molecule has 0 spiro atoms. The molecule has 2 aromatic heterocycles. The maximum atomic E-state index is 4.61. The van der Waals surface area contributed by atoms with Crippen molar-refractivity contribution in [2.24, 2.45) is 0 Å². The van der Waals surface area contributed by atoms with Crippen molar-refractivity contribution >= 4 is 11.5 Å². The number of imidazole rings is 1. The molecule has 0 bridgehead atoms. The van der Waals surface area contributed by atoms with Crippen molar-refractivity contribution in [3.63, 3.8) is 0 Å². The monoisotopic (exact) mass is 436 g/mol. The van der Waals surface area contributed by atoms with Gasteiger partial charge in [0.1, 0.15) is 5.82 Å².